The van der Waals surface area contributed by atoms with Crippen LogP contribution in [0, 0.1) is 5.82 Å². The summed E-state index contributed by atoms with van der Waals surface area (Å²) < 4.78 is 25.3. The van der Waals surface area contributed by atoms with Gasteiger partial charge in [-0.05, 0) is 43.7 Å². The van der Waals surface area contributed by atoms with Crippen LogP contribution in [0.5, 0.6) is 0 Å². The third-order valence-electron chi connectivity index (χ3n) is 4.64. The van der Waals surface area contributed by atoms with Gasteiger partial charge in [-0.25, -0.2) is 4.39 Å². The van der Waals surface area contributed by atoms with E-state index in [1.165, 1.54) is 12.3 Å². The first-order valence-corrected chi connectivity index (χ1v) is 9.69. The summed E-state index contributed by atoms with van der Waals surface area (Å²) in [6.45, 7) is 5.63. The SMILES string of the molecule is CC1CN(c2ccc(CNC(=O)CCNC(=O)c3ccco3)cc2F)CC(C)O1. The zero-order valence-electron chi connectivity index (χ0n) is 16.6. The number of carbonyl (C=O) groups is 2. The number of nitrogens with zero attached hydrogens (tertiary/aromatic N) is 1. The van der Waals surface area contributed by atoms with E-state index in [2.05, 4.69) is 10.6 Å². The zero-order valence-corrected chi connectivity index (χ0v) is 16.6. The fourth-order valence-electron chi connectivity index (χ4n) is 3.36. The standard InChI is InChI=1S/C21H26FN3O4/c1-14-12-25(13-15(2)29-14)18-6-5-16(10-17(18)22)11-24-20(26)7-8-23-21(27)19-4-3-9-28-19/h3-6,9-10,14-15H,7-8,11-13H2,1-2H3,(H,23,27)(H,24,26). The summed E-state index contributed by atoms with van der Waals surface area (Å²) >= 11 is 0. The second-order valence-electron chi connectivity index (χ2n) is 7.21. The second kappa shape index (κ2) is 9.56. The lowest BCUT2D eigenvalue weighted by atomic mass is 10.1. The first-order chi connectivity index (χ1) is 13.9. The maximum Gasteiger partial charge on any atom is 0.286 e. The monoisotopic (exact) mass is 403 g/mol. The summed E-state index contributed by atoms with van der Waals surface area (Å²) in [7, 11) is 0. The number of hydrogen-bond donors (Lipinski definition) is 2. The molecule has 0 bridgehead atoms. The number of benzene rings is 1. The molecule has 156 valence electrons. The van der Waals surface area contributed by atoms with Gasteiger partial charge in [0.1, 0.15) is 5.82 Å². The van der Waals surface area contributed by atoms with Gasteiger partial charge < -0.3 is 24.7 Å². The third-order valence-corrected chi connectivity index (χ3v) is 4.64. The Hall–Kier alpha value is -2.87. The number of carbonyl (C=O) groups excluding carboxylic acids is 2. The molecule has 29 heavy (non-hydrogen) atoms. The maximum absolute atomic E-state index is 14.6. The number of morpholine rings is 1. The average Bonchev–Trinajstić information content (AvgIpc) is 3.20. The molecule has 0 aliphatic carbocycles. The quantitative estimate of drug-likeness (QED) is 0.742. The number of furan rings is 1. The van der Waals surface area contributed by atoms with Gasteiger partial charge in [-0.1, -0.05) is 6.07 Å². The molecule has 2 heterocycles. The van der Waals surface area contributed by atoms with Crippen molar-refractivity contribution in [3.8, 4) is 0 Å². The van der Waals surface area contributed by atoms with E-state index >= 15 is 0 Å². The molecule has 0 radical (unpaired) electrons. The maximum atomic E-state index is 14.6. The van der Waals surface area contributed by atoms with Crippen molar-refractivity contribution in [1.82, 2.24) is 10.6 Å². The van der Waals surface area contributed by atoms with Crippen LogP contribution >= 0.6 is 0 Å². The molecule has 2 aromatic rings. The molecule has 7 nitrogen and oxygen atoms in total. The predicted octanol–water partition coefficient (Wildman–Crippen LogP) is 2.47. The molecule has 2 unspecified atom stereocenters. The minimum Gasteiger partial charge on any atom is -0.459 e. The Morgan fingerprint density at radius 3 is 2.59 bits per heavy atom. The number of rotatable bonds is 7. The molecule has 8 heteroatoms. The second-order valence-corrected chi connectivity index (χ2v) is 7.21. The van der Waals surface area contributed by atoms with Crippen LogP contribution in [0.15, 0.2) is 41.0 Å². The minimum atomic E-state index is -0.368. The van der Waals surface area contributed by atoms with Gasteiger partial charge >= 0.3 is 0 Å². The van der Waals surface area contributed by atoms with Crippen molar-refractivity contribution < 1.29 is 23.1 Å². The van der Waals surface area contributed by atoms with Crippen molar-refractivity contribution in [1.29, 1.82) is 0 Å². The molecule has 1 saturated heterocycles. The van der Waals surface area contributed by atoms with Crippen molar-refractivity contribution in [3.63, 3.8) is 0 Å². The fourth-order valence-corrected chi connectivity index (χ4v) is 3.36. The van der Waals surface area contributed by atoms with Crippen molar-refractivity contribution in [2.45, 2.75) is 39.0 Å². The highest BCUT2D eigenvalue weighted by Gasteiger charge is 2.24. The zero-order chi connectivity index (χ0) is 20.8. The number of hydrogen-bond acceptors (Lipinski definition) is 5. The van der Waals surface area contributed by atoms with Gasteiger partial charge in [0.15, 0.2) is 5.76 Å². The first kappa shape index (κ1) is 20.9. The molecule has 2 N–H and O–H groups in total. The highest BCUT2D eigenvalue weighted by atomic mass is 19.1. The number of ether oxygens (including phenoxy) is 1. The van der Waals surface area contributed by atoms with E-state index in [0.29, 0.717) is 24.3 Å². The number of amides is 2. The summed E-state index contributed by atoms with van der Waals surface area (Å²) in [6.07, 6.45) is 1.62. The van der Waals surface area contributed by atoms with Crippen LogP contribution in [-0.2, 0) is 16.1 Å². The number of nitrogens with one attached hydrogen (secondary N) is 2. The molecule has 1 aliphatic rings. The molecule has 0 saturated carbocycles. The summed E-state index contributed by atoms with van der Waals surface area (Å²) in [5.74, 6) is -0.717. The van der Waals surface area contributed by atoms with Gasteiger partial charge in [-0.2, -0.15) is 0 Å². The van der Waals surface area contributed by atoms with E-state index in [1.807, 2.05) is 24.8 Å². The van der Waals surface area contributed by atoms with Crippen LogP contribution in [0.4, 0.5) is 10.1 Å². The van der Waals surface area contributed by atoms with Gasteiger partial charge in [0.05, 0.1) is 24.2 Å². The molecule has 2 atom stereocenters. The van der Waals surface area contributed by atoms with Gasteiger partial charge in [0, 0.05) is 32.6 Å². The van der Waals surface area contributed by atoms with Crippen LogP contribution in [0.2, 0.25) is 0 Å². The predicted molar refractivity (Wildman–Crippen MR) is 106 cm³/mol. The molecular formula is C21H26FN3O4. The summed E-state index contributed by atoms with van der Waals surface area (Å²) in [4.78, 5) is 25.7. The Kier molecular flexibility index (Phi) is 6.87. The van der Waals surface area contributed by atoms with Crippen molar-refractivity contribution in [2.24, 2.45) is 0 Å². The highest BCUT2D eigenvalue weighted by molar-refractivity contribution is 5.91. The van der Waals surface area contributed by atoms with E-state index in [4.69, 9.17) is 9.15 Å². The highest BCUT2D eigenvalue weighted by Crippen LogP contribution is 2.24. The molecule has 0 spiro atoms. The molecular weight excluding hydrogens is 377 g/mol. The van der Waals surface area contributed by atoms with Crippen LogP contribution < -0.4 is 15.5 Å². The summed E-state index contributed by atoms with van der Waals surface area (Å²) in [5.41, 5.74) is 1.22. The lowest BCUT2D eigenvalue weighted by Gasteiger charge is -2.37. The molecule has 2 amide bonds. The molecule has 1 fully saturated rings. The third kappa shape index (κ3) is 5.80. The first-order valence-electron chi connectivity index (χ1n) is 9.69. The topological polar surface area (TPSA) is 83.8 Å². The van der Waals surface area contributed by atoms with E-state index in [0.717, 1.165) is 0 Å². The summed E-state index contributed by atoms with van der Waals surface area (Å²) in [5, 5.41) is 5.34. The van der Waals surface area contributed by atoms with Crippen LogP contribution in [0.1, 0.15) is 36.4 Å². The normalized spacial score (nSPS) is 19.1. The minimum absolute atomic E-state index is 0.0467. The largest absolute Gasteiger partial charge is 0.459 e. The van der Waals surface area contributed by atoms with E-state index in [-0.39, 0.29) is 55.1 Å². The summed E-state index contributed by atoms with van der Waals surface area (Å²) in [6, 6.07) is 8.16. The fraction of sp³-hybridized carbons (Fsp3) is 0.429. The molecule has 3 rings (SSSR count). The number of anilines is 1. The van der Waals surface area contributed by atoms with Crippen LogP contribution in [0.3, 0.4) is 0 Å². The number of halogens is 1. The molecule has 1 aromatic heterocycles. The molecule has 1 aromatic carbocycles. The Balaban J connectivity index is 1.45. The van der Waals surface area contributed by atoms with Crippen molar-refractivity contribution >= 4 is 17.5 Å². The lowest BCUT2D eigenvalue weighted by Crippen LogP contribution is -2.45. The Bertz CT molecular complexity index is 830. The van der Waals surface area contributed by atoms with E-state index < -0.39 is 0 Å². The van der Waals surface area contributed by atoms with Crippen LogP contribution in [-0.4, -0.2) is 43.7 Å². The van der Waals surface area contributed by atoms with Gasteiger partial charge in [0.25, 0.3) is 5.91 Å². The van der Waals surface area contributed by atoms with Gasteiger partial charge in [0.2, 0.25) is 5.91 Å². The average molecular weight is 403 g/mol. The molecule has 1 aliphatic heterocycles. The Morgan fingerprint density at radius 1 is 1.17 bits per heavy atom. The van der Waals surface area contributed by atoms with E-state index in [1.54, 1.807) is 18.2 Å². The van der Waals surface area contributed by atoms with Crippen LogP contribution in [0.25, 0.3) is 0 Å². The Labute approximate surface area is 169 Å². The van der Waals surface area contributed by atoms with Crippen molar-refractivity contribution in [2.75, 3.05) is 24.5 Å². The van der Waals surface area contributed by atoms with Crippen molar-refractivity contribution in [3.05, 3.63) is 53.7 Å². The Morgan fingerprint density at radius 2 is 1.93 bits per heavy atom. The van der Waals surface area contributed by atoms with Gasteiger partial charge in [-0.3, -0.25) is 9.59 Å². The van der Waals surface area contributed by atoms with E-state index in [9.17, 15) is 14.0 Å². The smallest absolute Gasteiger partial charge is 0.286 e. The van der Waals surface area contributed by atoms with Gasteiger partial charge in [-0.15, -0.1) is 0 Å². The lowest BCUT2D eigenvalue weighted by molar-refractivity contribution is -0.121.